The van der Waals surface area contributed by atoms with Crippen LogP contribution < -0.4 is 10.9 Å². The van der Waals surface area contributed by atoms with Crippen molar-refractivity contribution in [2.24, 2.45) is 0 Å². The van der Waals surface area contributed by atoms with Gasteiger partial charge in [-0.2, -0.15) is 0 Å². The Morgan fingerprint density at radius 2 is 1.89 bits per heavy atom. The average Bonchev–Trinajstić information content (AvgIpc) is 3.22. The molecular formula is C28H29FN6O3. The maximum Gasteiger partial charge on any atom is 0.277 e. The highest BCUT2D eigenvalue weighted by Crippen LogP contribution is 2.20. The quantitative estimate of drug-likeness (QED) is 0.256. The topological polar surface area (TPSA) is 102 Å². The van der Waals surface area contributed by atoms with Crippen LogP contribution in [0.4, 0.5) is 10.1 Å². The zero-order valence-corrected chi connectivity index (χ0v) is 21.3. The van der Waals surface area contributed by atoms with Crippen LogP contribution in [-0.2, 0) is 22.7 Å². The zero-order valence-electron chi connectivity index (χ0n) is 21.3. The summed E-state index contributed by atoms with van der Waals surface area (Å²) in [5, 5.41) is 2.63. The van der Waals surface area contributed by atoms with Crippen molar-refractivity contribution in [1.82, 2.24) is 24.0 Å². The number of amides is 2. The predicted octanol–water partition coefficient (Wildman–Crippen LogP) is 3.58. The molecule has 0 fully saturated rings. The summed E-state index contributed by atoms with van der Waals surface area (Å²) < 4.78 is 17.2. The molecule has 0 saturated carbocycles. The van der Waals surface area contributed by atoms with Crippen molar-refractivity contribution in [2.45, 2.75) is 32.4 Å². The molecule has 1 N–H and O–H groups in total. The number of nitrogens with zero attached hydrogens (tertiary/aromatic N) is 5. The lowest BCUT2D eigenvalue weighted by atomic mass is 10.2. The number of imidazole rings is 1. The minimum Gasteiger partial charge on any atom is -0.345 e. The third-order valence-corrected chi connectivity index (χ3v) is 5.94. The Labute approximate surface area is 219 Å². The number of fused-ring (bicyclic) bond motifs is 1. The van der Waals surface area contributed by atoms with E-state index in [9.17, 15) is 18.8 Å². The number of benzene rings is 2. The summed E-state index contributed by atoms with van der Waals surface area (Å²) in [6.45, 7) is 0.578. The maximum atomic E-state index is 13.9. The highest BCUT2D eigenvalue weighted by atomic mass is 19.1. The Kier molecular flexibility index (Phi) is 8.42. The highest BCUT2D eigenvalue weighted by Gasteiger charge is 2.15. The second-order valence-corrected chi connectivity index (χ2v) is 9.05. The summed E-state index contributed by atoms with van der Waals surface area (Å²) in [6, 6.07) is 14.2. The highest BCUT2D eigenvalue weighted by molar-refractivity contribution is 5.90. The molecule has 0 radical (unpaired) electrons. The first kappa shape index (κ1) is 26.5. The van der Waals surface area contributed by atoms with Crippen LogP contribution in [0.1, 0.15) is 30.7 Å². The molecule has 38 heavy (non-hydrogen) atoms. The van der Waals surface area contributed by atoms with E-state index in [0.717, 1.165) is 11.1 Å². The number of rotatable bonds is 10. The van der Waals surface area contributed by atoms with Crippen molar-refractivity contribution >= 4 is 28.5 Å². The van der Waals surface area contributed by atoms with Gasteiger partial charge in [0, 0.05) is 33.1 Å². The summed E-state index contributed by atoms with van der Waals surface area (Å²) in [5.41, 5.74) is 1.91. The molecule has 0 aliphatic heterocycles. The van der Waals surface area contributed by atoms with Crippen LogP contribution in [0, 0.1) is 5.82 Å². The number of allylic oxidation sites excluding steroid dienone is 1. The molecule has 4 aromatic rings. The van der Waals surface area contributed by atoms with E-state index >= 15 is 0 Å². The van der Waals surface area contributed by atoms with Crippen molar-refractivity contribution < 1.29 is 14.0 Å². The summed E-state index contributed by atoms with van der Waals surface area (Å²) >= 11 is 0. The number of halogens is 1. The van der Waals surface area contributed by atoms with Crippen molar-refractivity contribution in [2.75, 3.05) is 19.4 Å². The van der Waals surface area contributed by atoms with E-state index in [4.69, 9.17) is 0 Å². The predicted molar refractivity (Wildman–Crippen MR) is 143 cm³/mol. The average molecular weight is 517 g/mol. The normalized spacial score (nSPS) is 11.2. The SMILES string of the molecule is CN(C)C(=O)/C=C/CCCC(=O)Nc1cncn(Cc2nc3cc(F)ccc3n2Cc2ccccc2)c1=O. The van der Waals surface area contributed by atoms with Crippen LogP contribution in [0.3, 0.4) is 0 Å². The third kappa shape index (κ3) is 6.58. The fourth-order valence-corrected chi connectivity index (χ4v) is 3.94. The molecule has 2 aromatic carbocycles. The number of likely N-dealkylation sites (N-methyl/N-ethyl adjacent to an activating group) is 1. The van der Waals surface area contributed by atoms with E-state index in [0.29, 0.717) is 30.7 Å². The third-order valence-electron chi connectivity index (χ3n) is 5.94. The van der Waals surface area contributed by atoms with Gasteiger partial charge in [0.1, 0.15) is 17.3 Å². The number of hydrogen-bond donors (Lipinski definition) is 1. The summed E-state index contributed by atoms with van der Waals surface area (Å²) in [5.74, 6) is -0.272. The van der Waals surface area contributed by atoms with Crippen molar-refractivity contribution in [3.63, 3.8) is 0 Å². The minimum absolute atomic E-state index is 0.0626. The van der Waals surface area contributed by atoms with Gasteiger partial charge >= 0.3 is 0 Å². The van der Waals surface area contributed by atoms with Gasteiger partial charge in [-0.25, -0.2) is 14.4 Å². The van der Waals surface area contributed by atoms with E-state index in [1.165, 1.54) is 40.2 Å². The van der Waals surface area contributed by atoms with Gasteiger partial charge in [0.2, 0.25) is 11.8 Å². The largest absolute Gasteiger partial charge is 0.345 e. The van der Waals surface area contributed by atoms with E-state index < -0.39 is 11.4 Å². The first-order valence-corrected chi connectivity index (χ1v) is 12.2. The Hall–Kier alpha value is -4.60. The van der Waals surface area contributed by atoms with E-state index in [2.05, 4.69) is 15.3 Å². The van der Waals surface area contributed by atoms with Gasteiger partial charge in [-0.1, -0.05) is 36.4 Å². The number of anilines is 1. The molecule has 10 heteroatoms. The molecule has 2 aromatic heterocycles. The van der Waals surface area contributed by atoms with E-state index in [1.54, 1.807) is 26.2 Å². The van der Waals surface area contributed by atoms with Crippen LogP contribution in [0.25, 0.3) is 11.0 Å². The zero-order chi connectivity index (χ0) is 27.1. The summed E-state index contributed by atoms with van der Waals surface area (Å²) in [7, 11) is 3.33. The van der Waals surface area contributed by atoms with Gasteiger partial charge in [0.05, 0.1) is 30.1 Å². The van der Waals surface area contributed by atoms with E-state index in [1.807, 2.05) is 34.9 Å². The molecule has 0 spiro atoms. The van der Waals surface area contributed by atoms with Gasteiger partial charge in [-0.15, -0.1) is 0 Å². The fraction of sp³-hybridized carbons (Fsp3) is 0.250. The maximum absolute atomic E-state index is 13.9. The summed E-state index contributed by atoms with van der Waals surface area (Å²) in [6.07, 6.45) is 7.16. The number of aromatic nitrogens is 4. The second-order valence-electron chi connectivity index (χ2n) is 9.05. The number of hydrogen-bond acceptors (Lipinski definition) is 5. The Morgan fingerprint density at radius 3 is 2.66 bits per heavy atom. The summed E-state index contributed by atoms with van der Waals surface area (Å²) in [4.78, 5) is 47.3. The van der Waals surface area contributed by atoms with Gasteiger partial charge in [0.15, 0.2) is 0 Å². The lowest BCUT2D eigenvalue weighted by Crippen LogP contribution is -2.27. The van der Waals surface area contributed by atoms with E-state index in [-0.39, 0.29) is 30.5 Å². The van der Waals surface area contributed by atoms with Gasteiger partial charge in [-0.05, 0) is 36.6 Å². The molecule has 0 bridgehead atoms. The van der Waals surface area contributed by atoms with Crippen molar-refractivity contribution in [3.05, 3.63) is 101 Å². The monoisotopic (exact) mass is 516 g/mol. The molecule has 0 aliphatic carbocycles. The van der Waals surface area contributed by atoms with Crippen molar-refractivity contribution in [1.29, 1.82) is 0 Å². The van der Waals surface area contributed by atoms with Gasteiger partial charge in [-0.3, -0.25) is 19.0 Å². The number of unbranched alkanes of at least 4 members (excludes halogenated alkanes) is 1. The first-order valence-electron chi connectivity index (χ1n) is 12.2. The molecule has 0 atom stereocenters. The second kappa shape index (κ2) is 12.1. The molecule has 0 aliphatic rings. The molecule has 4 rings (SSSR count). The standard InChI is InChI=1S/C28H29FN6O3/c1-33(2)27(37)12-8-4-7-11-26(36)32-23-16-30-19-34(28(23)38)18-25-31-22-15-21(29)13-14-24(22)35(25)17-20-9-5-3-6-10-20/h3,5-6,8-10,12-16,19H,4,7,11,17-18H2,1-2H3,(H,32,36)/b12-8+. The van der Waals surface area contributed by atoms with Gasteiger partial charge in [0.25, 0.3) is 5.56 Å². The first-order chi connectivity index (χ1) is 18.3. The van der Waals surface area contributed by atoms with Crippen LogP contribution in [0.2, 0.25) is 0 Å². The number of carbonyl (C=O) groups excluding carboxylic acids is 2. The van der Waals surface area contributed by atoms with Crippen LogP contribution in [0.15, 0.2) is 78.0 Å². The van der Waals surface area contributed by atoms with Crippen LogP contribution >= 0.6 is 0 Å². The van der Waals surface area contributed by atoms with Crippen LogP contribution in [-0.4, -0.2) is 49.9 Å². The smallest absolute Gasteiger partial charge is 0.277 e. The molecule has 2 amide bonds. The molecular weight excluding hydrogens is 487 g/mol. The lowest BCUT2D eigenvalue weighted by molar-refractivity contribution is -0.123. The van der Waals surface area contributed by atoms with Crippen molar-refractivity contribution in [3.8, 4) is 0 Å². The molecule has 9 nitrogen and oxygen atoms in total. The lowest BCUT2D eigenvalue weighted by Gasteiger charge is -2.12. The fourth-order valence-electron chi connectivity index (χ4n) is 3.94. The Balaban J connectivity index is 1.49. The Bertz CT molecular complexity index is 1520. The molecule has 2 heterocycles. The number of carbonyl (C=O) groups is 2. The van der Waals surface area contributed by atoms with Gasteiger partial charge < -0.3 is 14.8 Å². The molecule has 196 valence electrons. The van der Waals surface area contributed by atoms with Crippen LogP contribution in [0.5, 0.6) is 0 Å². The molecule has 0 saturated heterocycles. The Morgan fingerprint density at radius 1 is 1.11 bits per heavy atom. The number of nitrogens with one attached hydrogen (secondary N) is 1. The minimum atomic E-state index is -0.422. The molecule has 0 unspecified atom stereocenters.